The minimum Gasteiger partial charge on any atom is -0.316 e. The Bertz CT molecular complexity index is 149. The summed E-state index contributed by atoms with van der Waals surface area (Å²) in [4.78, 5) is 11.3. The topological polar surface area (TPSA) is 29.1 Å². The number of ketones is 1. The number of carbonyl (C=O) groups excluding carboxylic acids is 1. The van der Waals surface area contributed by atoms with Gasteiger partial charge in [-0.15, -0.1) is 0 Å². The molecule has 0 aromatic heterocycles. The van der Waals surface area contributed by atoms with Gasteiger partial charge in [0.15, 0.2) is 0 Å². The molecule has 0 aromatic rings. The van der Waals surface area contributed by atoms with Crippen LogP contribution in [0.15, 0.2) is 0 Å². The van der Waals surface area contributed by atoms with Gasteiger partial charge in [0, 0.05) is 25.4 Å². The molecule has 1 aliphatic rings. The van der Waals surface area contributed by atoms with E-state index < -0.39 is 0 Å². The van der Waals surface area contributed by atoms with Crippen molar-refractivity contribution in [3.8, 4) is 0 Å². The molecule has 12 heavy (non-hydrogen) atoms. The summed E-state index contributed by atoms with van der Waals surface area (Å²) in [5.74, 6) is 3.06. The third-order valence-electron chi connectivity index (χ3n) is 2.21. The molecule has 0 saturated carbocycles. The van der Waals surface area contributed by atoms with Crippen LogP contribution in [0.3, 0.4) is 0 Å². The van der Waals surface area contributed by atoms with Crippen LogP contribution >= 0.6 is 11.8 Å². The van der Waals surface area contributed by atoms with Gasteiger partial charge in [0.05, 0.1) is 0 Å². The Morgan fingerprint density at radius 2 is 2.50 bits per heavy atom. The number of thioether (sulfide) groups is 1. The Morgan fingerprint density at radius 3 is 3.17 bits per heavy atom. The maximum atomic E-state index is 11.3. The Morgan fingerprint density at radius 1 is 1.67 bits per heavy atom. The fraction of sp³-hybridized carbons (Fsp3) is 0.889. The Balaban J connectivity index is 2.16. The lowest BCUT2D eigenvalue weighted by Crippen LogP contribution is -2.37. The zero-order valence-electron chi connectivity index (χ0n) is 7.64. The van der Waals surface area contributed by atoms with Gasteiger partial charge >= 0.3 is 0 Å². The van der Waals surface area contributed by atoms with Gasteiger partial charge in [0.2, 0.25) is 0 Å². The predicted molar refractivity (Wildman–Crippen MR) is 53.6 cm³/mol. The van der Waals surface area contributed by atoms with Gasteiger partial charge < -0.3 is 5.32 Å². The molecular weight excluding hydrogens is 170 g/mol. The molecule has 0 aliphatic carbocycles. The number of piperidine rings is 1. The van der Waals surface area contributed by atoms with Gasteiger partial charge in [0.1, 0.15) is 5.78 Å². The summed E-state index contributed by atoms with van der Waals surface area (Å²) in [6.07, 6.45) is 1.80. The summed E-state index contributed by atoms with van der Waals surface area (Å²) < 4.78 is 0. The van der Waals surface area contributed by atoms with Crippen molar-refractivity contribution < 1.29 is 4.79 Å². The van der Waals surface area contributed by atoms with E-state index in [0.717, 1.165) is 37.4 Å². The highest BCUT2D eigenvalue weighted by Gasteiger charge is 2.20. The van der Waals surface area contributed by atoms with Crippen LogP contribution in [0.2, 0.25) is 0 Å². The number of rotatable bonds is 4. The molecule has 1 N–H and O–H groups in total. The van der Waals surface area contributed by atoms with E-state index in [-0.39, 0.29) is 0 Å². The molecule has 1 rings (SSSR count). The van der Waals surface area contributed by atoms with Gasteiger partial charge in [-0.25, -0.2) is 0 Å². The molecule has 1 heterocycles. The molecule has 1 atom stereocenters. The van der Waals surface area contributed by atoms with Crippen molar-refractivity contribution in [3.63, 3.8) is 0 Å². The molecule has 2 nitrogen and oxygen atoms in total. The lowest BCUT2D eigenvalue weighted by molar-refractivity contribution is -0.123. The van der Waals surface area contributed by atoms with Gasteiger partial charge in [0.25, 0.3) is 0 Å². The first-order valence-electron chi connectivity index (χ1n) is 4.65. The fourth-order valence-electron chi connectivity index (χ4n) is 1.44. The highest BCUT2D eigenvalue weighted by Crippen LogP contribution is 2.13. The van der Waals surface area contributed by atoms with Gasteiger partial charge in [-0.2, -0.15) is 11.8 Å². The minimum absolute atomic E-state index is 0.304. The van der Waals surface area contributed by atoms with Crippen LogP contribution in [0.4, 0.5) is 0 Å². The molecule has 0 bridgehead atoms. The van der Waals surface area contributed by atoms with E-state index >= 15 is 0 Å². The number of hydrogen-bond donors (Lipinski definition) is 1. The van der Waals surface area contributed by atoms with Gasteiger partial charge in [-0.1, -0.05) is 6.92 Å². The van der Waals surface area contributed by atoms with Crippen molar-refractivity contribution >= 4 is 17.5 Å². The second kappa shape index (κ2) is 5.60. The summed E-state index contributed by atoms with van der Waals surface area (Å²) in [6.45, 7) is 3.95. The van der Waals surface area contributed by atoms with Crippen LogP contribution in [0.5, 0.6) is 0 Å². The molecule has 0 amide bonds. The van der Waals surface area contributed by atoms with E-state index in [9.17, 15) is 4.79 Å². The maximum Gasteiger partial charge on any atom is 0.138 e. The molecule has 1 aliphatic heterocycles. The summed E-state index contributed by atoms with van der Waals surface area (Å²) in [7, 11) is 0. The largest absolute Gasteiger partial charge is 0.316 e. The molecule has 0 radical (unpaired) electrons. The molecule has 0 spiro atoms. The van der Waals surface area contributed by atoms with Gasteiger partial charge in [-0.3, -0.25) is 4.79 Å². The van der Waals surface area contributed by atoms with Crippen molar-refractivity contribution in [2.24, 2.45) is 5.92 Å². The number of carbonyl (C=O) groups is 1. The summed E-state index contributed by atoms with van der Waals surface area (Å²) in [5, 5.41) is 3.26. The molecule has 1 saturated heterocycles. The summed E-state index contributed by atoms with van der Waals surface area (Å²) in [5.41, 5.74) is 0. The molecule has 3 heteroatoms. The van der Waals surface area contributed by atoms with Crippen molar-refractivity contribution in [3.05, 3.63) is 0 Å². The van der Waals surface area contributed by atoms with Crippen molar-refractivity contribution in [1.29, 1.82) is 0 Å². The van der Waals surface area contributed by atoms with Crippen LogP contribution in [0.1, 0.15) is 19.8 Å². The summed E-state index contributed by atoms with van der Waals surface area (Å²) >= 11 is 1.92. The van der Waals surface area contributed by atoms with Crippen molar-refractivity contribution in [2.75, 3.05) is 24.6 Å². The quantitative estimate of drug-likeness (QED) is 0.673. The van der Waals surface area contributed by atoms with Crippen LogP contribution in [0.25, 0.3) is 0 Å². The first-order valence-corrected chi connectivity index (χ1v) is 5.81. The van der Waals surface area contributed by atoms with Crippen molar-refractivity contribution in [2.45, 2.75) is 19.8 Å². The SMILES string of the molecule is CCSCCC1CNCCC1=O. The van der Waals surface area contributed by atoms with Crippen molar-refractivity contribution in [1.82, 2.24) is 5.32 Å². The number of hydrogen-bond acceptors (Lipinski definition) is 3. The normalized spacial score (nSPS) is 24.4. The van der Waals surface area contributed by atoms with Crippen LogP contribution in [0, 0.1) is 5.92 Å². The lowest BCUT2D eigenvalue weighted by Gasteiger charge is -2.21. The first-order chi connectivity index (χ1) is 5.84. The average Bonchev–Trinajstić information content (AvgIpc) is 2.09. The Hall–Kier alpha value is -0.0200. The highest BCUT2D eigenvalue weighted by atomic mass is 32.2. The van der Waals surface area contributed by atoms with E-state index in [1.807, 2.05) is 11.8 Å². The molecule has 1 unspecified atom stereocenters. The smallest absolute Gasteiger partial charge is 0.138 e. The second-order valence-corrected chi connectivity index (χ2v) is 4.50. The number of nitrogens with one attached hydrogen (secondary N) is 1. The molecule has 1 fully saturated rings. The zero-order valence-corrected chi connectivity index (χ0v) is 8.45. The Labute approximate surface area is 78.5 Å². The third-order valence-corrected chi connectivity index (χ3v) is 3.14. The fourth-order valence-corrected chi connectivity index (χ4v) is 2.18. The van der Waals surface area contributed by atoms with Crippen LogP contribution < -0.4 is 5.32 Å². The van der Waals surface area contributed by atoms with E-state index in [1.165, 1.54) is 0 Å². The Kier molecular flexibility index (Phi) is 4.69. The summed E-state index contributed by atoms with van der Waals surface area (Å²) in [6, 6.07) is 0. The molecule has 0 aromatic carbocycles. The standard InChI is InChI=1S/C9H17NOS/c1-2-12-6-4-8-7-10-5-3-9(8)11/h8,10H,2-7H2,1H3. The van der Waals surface area contributed by atoms with E-state index in [2.05, 4.69) is 12.2 Å². The van der Waals surface area contributed by atoms with Gasteiger partial charge in [-0.05, 0) is 17.9 Å². The van der Waals surface area contributed by atoms with E-state index in [0.29, 0.717) is 11.7 Å². The van der Waals surface area contributed by atoms with E-state index in [1.54, 1.807) is 0 Å². The van der Waals surface area contributed by atoms with Crippen LogP contribution in [-0.4, -0.2) is 30.4 Å². The maximum absolute atomic E-state index is 11.3. The second-order valence-electron chi connectivity index (χ2n) is 3.10. The minimum atomic E-state index is 0.304. The average molecular weight is 187 g/mol. The van der Waals surface area contributed by atoms with E-state index in [4.69, 9.17) is 0 Å². The third kappa shape index (κ3) is 3.15. The zero-order chi connectivity index (χ0) is 8.81. The lowest BCUT2D eigenvalue weighted by atomic mass is 9.96. The molecular formula is C9H17NOS. The first kappa shape index (κ1) is 10.1. The highest BCUT2D eigenvalue weighted by molar-refractivity contribution is 7.99. The molecule has 70 valence electrons. The van der Waals surface area contributed by atoms with Crippen LogP contribution in [-0.2, 0) is 4.79 Å². The predicted octanol–water partition coefficient (Wildman–Crippen LogP) is 1.31. The monoisotopic (exact) mass is 187 g/mol. The number of Topliss-reactive ketones (excluding diaryl/α,β-unsaturated/α-hetero) is 1.